The molecule has 2 atom stereocenters. The molecule has 18 heavy (non-hydrogen) atoms. The van der Waals surface area contributed by atoms with E-state index in [0.29, 0.717) is 19.4 Å². The molecule has 0 aromatic carbocycles. The monoisotopic (exact) mass is 265 g/mol. The molecule has 1 aromatic rings. The van der Waals surface area contributed by atoms with Crippen LogP contribution in [0.4, 0.5) is 0 Å². The predicted octanol–water partition coefficient (Wildman–Crippen LogP) is 2.03. The normalized spacial score (nSPS) is 22.7. The van der Waals surface area contributed by atoms with Gasteiger partial charge in [0.25, 0.3) is 0 Å². The quantitative estimate of drug-likeness (QED) is 0.819. The van der Waals surface area contributed by atoms with Crippen LogP contribution in [-0.4, -0.2) is 17.0 Å². The van der Waals surface area contributed by atoms with Gasteiger partial charge >= 0.3 is 5.97 Å². The van der Waals surface area contributed by atoms with Gasteiger partial charge in [0.1, 0.15) is 0 Å². The molecular weight excluding hydrogens is 250 g/mol. The van der Waals surface area contributed by atoms with Crippen LogP contribution in [0, 0.1) is 11.8 Å². The van der Waals surface area contributed by atoms with E-state index in [1.54, 1.807) is 11.3 Å². The maximum atomic E-state index is 12.0. The zero-order valence-electron chi connectivity index (χ0n) is 9.83. The standard InChI is InChI=1S/C13H15NO3S/c15-12(14-7-9-5-6-18-8-9)10-3-1-2-4-11(10)13(16)17/h1-2,5-6,8,10-11H,3-4,7H2,(H,14,15)(H,16,17)/t10-,11-/m0/s1. The van der Waals surface area contributed by atoms with Gasteiger partial charge in [-0.25, -0.2) is 0 Å². The molecule has 1 aliphatic rings. The van der Waals surface area contributed by atoms with Crippen molar-refractivity contribution >= 4 is 23.2 Å². The van der Waals surface area contributed by atoms with Crippen molar-refractivity contribution in [1.29, 1.82) is 0 Å². The molecule has 1 aliphatic carbocycles. The Balaban J connectivity index is 1.94. The van der Waals surface area contributed by atoms with E-state index in [1.807, 2.05) is 29.0 Å². The van der Waals surface area contributed by atoms with E-state index < -0.39 is 17.8 Å². The minimum Gasteiger partial charge on any atom is -0.481 e. The molecule has 0 spiro atoms. The van der Waals surface area contributed by atoms with E-state index in [-0.39, 0.29) is 5.91 Å². The van der Waals surface area contributed by atoms with E-state index in [4.69, 9.17) is 5.11 Å². The number of allylic oxidation sites excluding steroid dienone is 2. The van der Waals surface area contributed by atoms with Crippen molar-refractivity contribution < 1.29 is 14.7 Å². The molecule has 1 aromatic heterocycles. The van der Waals surface area contributed by atoms with Crippen LogP contribution >= 0.6 is 11.3 Å². The fourth-order valence-corrected chi connectivity index (χ4v) is 2.76. The molecular formula is C13H15NO3S. The first-order chi connectivity index (χ1) is 8.68. The molecule has 1 amide bonds. The second kappa shape index (κ2) is 5.82. The lowest BCUT2D eigenvalue weighted by molar-refractivity contribution is -0.147. The number of rotatable bonds is 4. The number of carboxylic acid groups (broad SMARTS) is 1. The molecule has 4 nitrogen and oxygen atoms in total. The summed E-state index contributed by atoms with van der Waals surface area (Å²) in [7, 11) is 0. The van der Waals surface area contributed by atoms with Gasteiger partial charge in [0.05, 0.1) is 11.8 Å². The summed E-state index contributed by atoms with van der Waals surface area (Å²) in [6, 6.07) is 1.94. The third-order valence-corrected chi connectivity index (χ3v) is 3.87. The Morgan fingerprint density at radius 1 is 1.33 bits per heavy atom. The number of carbonyl (C=O) groups is 2. The predicted molar refractivity (Wildman–Crippen MR) is 69.2 cm³/mol. The number of thiophene rings is 1. The Bertz CT molecular complexity index is 453. The largest absolute Gasteiger partial charge is 0.481 e. The van der Waals surface area contributed by atoms with Crippen LogP contribution in [0.5, 0.6) is 0 Å². The van der Waals surface area contributed by atoms with E-state index in [0.717, 1.165) is 5.56 Å². The van der Waals surface area contributed by atoms with Crippen molar-refractivity contribution in [1.82, 2.24) is 5.32 Å². The molecule has 96 valence electrons. The maximum Gasteiger partial charge on any atom is 0.307 e. The van der Waals surface area contributed by atoms with Crippen LogP contribution in [0.2, 0.25) is 0 Å². The summed E-state index contributed by atoms with van der Waals surface area (Å²) in [5.74, 6) is -2.11. The van der Waals surface area contributed by atoms with E-state index in [9.17, 15) is 9.59 Å². The lowest BCUT2D eigenvalue weighted by atomic mass is 9.82. The Morgan fingerprint density at radius 3 is 2.67 bits per heavy atom. The lowest BCUT2D eigenvalue weighted by Crippen LogP contribution is -2.38. The molecule has 0 bridgehead atoms. The molecule has 0 radical (unpaired) electrons. The van der Waals surface area contributed by atoms with Gasteiger partial charge < -0.3 is 10.4 Å². The number of carbonyl (C=O) groups excluding carboxylic acids is 1. The van der Waals surface area contributed by atoms with Crippen molar-refractivity contribution in [3.8, 4) is 0 Å². The van der Waals surface area contributed by atoms with Crippen molar-refractivity contribution in [2.24, 2.45) is 11.8 Å². The topological polar surface area (TPSA) is 66.4 Å². The molecule has 0 saturated carbocycles. The van der Waals surface area contributed by atoms with Gasteiger partial charge in [-0.2, -0.15) is 11.3 Å². The van der Waals surface area contributed by atoms with Crippen molar-refractivity contribution in [3.63, 3.8) is 0 Å². The smallest absolute Gasteiger partial charge is 0.307 e. The van der Waals surface area contributed by atoms with Gasteiger partial charge in [-0.1, -0.05) is 12.2 Å². The highest BCUT2D eigenvalue weighted by Gasteiger charge is 2.33. The first kappa shape index (κ1) is 12.8. The van der Waals surface area contributed by atoms with Crippen LogP contribution in [0.15, 0.2) is 29.0 Å². The summed E-state index contributed by atoms with van der Waals surface area (Å²) in [5.41, 5.74) is 1.05. The molecule has 0 saturated heterocycles. The van der Waals surface area contributed by atoms with Gasteiger partial charge in [-0.15, -0.1) is 0 Å². The Labute approximate surface area is 109 Å². The van der Waals surface area contributed by atoms with Gasteiger partial charge in [0.15, 0.2) is 0 Å². The third-order valence-electron chi connectivity index (χ3n) is 3.13. The number of carboxylic acids is 1. The lowest BCUT2D eigenvalue weighted by Gasteiger charge is -2.24. The zero-order chi connectivity index (χ0) is 13.0. The number of aliphatic carboxylic acids is 1. The minimum atomic E-state index is -0.893. The summed E-state index contributed by atoms with van der Waals surface area (Å²) in [5, 5.41) is 15.8. The van der Waals surface area contributed by atoms with Crippen molar-refractivity contribution in [3.05, 3.63) is 34.5 Å². The molecule has 5 heteroatoms. The van der Waals surface area contributed by atoms with Crippen LogP contribution in [0.3, 0.4) is 0 Å². The summed E-state index contributed by atoms with van der Waals surface area (Å²) >= 11 is 1.58. The first-order valence-electron chi connectivity index (χ1n) is 5.85. The van der Waals surface area contributed by atoms with Gasteiger partial charge in [0.2, 0.25) is 5.91 Å². The maximum absolute atomic E-state index is 12.0. The van der Waals surface area contributed by atoms with Gasteiger partial charge in [-0.3, -0.25) is 9.59 Å². The highest BCUT2D eigenvalue weighted by Crippen LogP contribution is 2.26. The number of hydrogen-bond donors (Lipinski definition) is 2. The fraction of sp³-hybridized carbons (Fsp3) is 0.385. The molecule has 0 fully saturated rings. The Kier molecular flexibility index (Phi) is 4.15. The Morgan fingerprint density at radius 2 is 2.06 bits per heavy atom. The van der Waals surface area contributed by atoms with Crippen LogP contribution in [0.1, 0.15) is 18.4 Å². The molecule has 2 rings (SSSR count). The van der Waals surface area contributed by atoms with Crippen molar-refractivity contribution in [2.75, 3.05) is 0 Å². The molecule has 1 heterocycles. The van der Waals surface area contributed by atoms with E-state index in [1.165, 1.54) is 0 Å². The fourth-order valence-electron chi connectivity index (χ4n) is 2.09. The first-order valence-corrected chi connectivity index (χ1v) is 6.79. The summed E-state index contributed by atoms with van der Waals surface area (Å²) < 4.78 is 0. The van der Waals surface area contributed by atoms with E-state index in [2.05, 4.69) is 5.32 Å². The summed E-state index contributed by atoms with van der Waals surface area (Å²) in [6.45, 7) is 0.467. The summed E-state index contributed by atoms with van der Waals surface area (Å²) in [4.78, 5) is 23.1. The SMILES string of the molecule is O=C(O)[C@H]1CC=CC[C@@H]1C(=O)NCc1ccsc1. The molecule has 2 N–H and O–H groups in total. The molecule has 0 aliphatic heterocycles. The van der Waals surface area contributed by atoms with Crippen LogP contribution < -0.4 is 5.32 Å². The highest BCUT2D eigenvalue weighted by molar-refractivity contribution is 7.07. The second-order valence-electron chi connectivity index (χ2n) is 4.34. The van der Waals surface area contributed by atoms with Crippen LogP contribution in [-0.2, 0) is 16.1 Å². The van der Waals surface area contributed by atoms with Gasteiger partial charge in [0, 0.05) is 6.54 Å². The third kappa shape index (κ3) is 2.98. The number of amides is 1. The summed E-state index contributed by atoms with van der Waals surface area (Å²) in [6.07, 6.45) is 4.66. The zero-order valence-corrected chi connectivity index (χ0v) is 10.7. The minimum absolute atomic E-state index is 0.169. The molecule has 0 unspecified atom stereocenters. The highest BCUT2D eigenvalue weighted by atomic mass is 32.1. The van der Waals surface area contributed by atoms with Gasteiger partial charge in [-0.05, 0) is 35.2 Å². The van der Waals surface area contributed by atoms with E-state index >= 15 is 0 Å². The number of nitrogens with one attached hydrogen (secondary N) is 1. The van der Waals surface area contributed by atoms with Crippen molar-refractivity contribution in [2.45, 2.75) is 19.4 Å². The Hall–Kier alpha value is -1.62. The average molecular weight is 265 g/mol. The average Bonchev–Trinajstić information content (AvgIpc) is 2.89. The second-order valence-corrected chi connectivity index (χ2v) is 5.12. The number of hydrogen-bond acceptors (Lipinski definition) is 3. The van der Waals surface area contributed by atoms with Crippen LogP contribution in [0.25, 0.3) is 0 Å².